The largest absolute Gasteiger partial charge is 0.481 e. The zero-order chi connectivity index (χ0) is 25.2. The van der Waals surface area contributed by atoms with E-state index in [1.165, 1.54) is 11.3 Å². The molecule has 8 nitrogen and oxygen atoms in total. The highest BCUT2D eigenvalue weighted by molar-refractivity contribution is 7.11. The number of benzene rings is 2. The molecule has 36 heavy (non-hydrogen) atoms. The standard InChI is InChI=1S/C25H22Cl2N4O4S/c26-16-12-19(30-25-29-18-4-1-2-6-21(18)35-25)17(27)10-14(16)11-22(32)31-9-3-5-20(31)24-28-13-15(36-24)7-8-23(33)34/h1-2,4,6,10,12-13,20H,3,5,7-9,11H2,(H,29,30)(H,33,34)/t20-/m0/s1. The van der Waals surface area contributed by atoms with Gasteiger partial charge in [-0.15, -0.1) is 11.3 Å². The van der Waals surface area contributed by atoms with Gasteiger partial charge in [-0.2, -0.15) is 4.98 Å². The monoisotopic (exact) mass is 544 g/mol. The second kappa shape index (κ2) is 10.5. The Balaban J connectivity index is 1.28. The van der Waals surface area contributed by atoms with Crippen LogP contribution in [0.4, 0.5) is 11.7 Å². The summed E-state index contributed by atoms with van der Waals surface area (Å²) >= 11 is 14.5. The Bertz CT molecular complexity index is 1400. The third-order valence-corrected chi connectivity index (χ3v) is 7.85. The van der Waals surface area contributed by atoms with Gasteiger partial charge in [0.15, 0.2) is 5.58 Å². The number of nitrogens with one attached hydrogen (secondary N) is 1. The van der Waals surface area contributed by atoms with E-state index in [2.05, 4.69) is 15.3 Å². The lowest BCUT2D eigenvalue weighted by Crippen LogP contribution is -2.31. The van der Waals surface area contributed by atoms with Crippen molar-refractivity contribution in [2.75, 3.05) is 11.9 Å². The fourth-order valence-corrected chi connectivity index (χ4v) is 5.80. The summed E-state index contributed by atoms with van der Waals surface area (Å²) in [5.41, 5.74) is 2.53. The lowest BCUT2D eigenvalue weighted by Gasteiger charge is -2.23. The van der Waals surface area contributed by atoms with Crippen LogP contribution >= 0.6 is 34.5 Å². The Kier molecular flexibility index (Phi) is 7.13. The number of anilines is 2. The molecule has 3 heterocycles. The second-order valence-corrected chi connectivity index (χ2v) is 10.5. The summed E-state index contributed by atoms with van der Waals surface area (Å²) in [5, 5.41) is 13.6. The van der Waals surface area contributed by atoms with Crippen molar-refractivity contribution in [1.82, 2.24) is 14.9 Å². The Labute approximate surface area is 220 Å². The van der Waals surface area contributed by atoms with Crippen molar-refractivity contribution in [3.8, 4) is 0 Å². The Morgan fingerprint density at radius 2 is 2.06 bits per heavy atom. The molecule has 5 rings (SSSR count). The second-order valence-electron chi connectivity index (χ2n) is 8.52. The molecule has 4 aromatic rings. The number of fused-ring (bicyclic) bond motifs is 1. The third-order valence-electron chi connectivity index (χ3n) is 6.03. The molecule has 0 radical (unpaired) electrons. The number of amides is 1. The fourth-order valence-electron chi connectivity index (χ4n) is 4.27. The number of likely N-dealkylation sites (tertiary alicyclic amines) is 1. The van der Waals surface area contributed by atoms with Crippen molar-refractivity contribution >= 4 is 69.2 Å². The van der Waals surface area contributed by atoms with E-state index in [0.717, 1.165) is 28.2 Å². The van der Waals surface area contributed by atoms with Gasteiger partial charge in [0.25, 0.3) is 6.01 Å². The van der Waals surface area contributed by atoms with Crippen molar-refractivity contribution in [3.63, 3.8) is 0 Å². The Morgan fingerprint density at radius 1 is 1.22 bits per heavy atom. The highest BCUT2D eigenvalue weighted by atomic mass is 35.5. The molecule has 2 aromatic heterocycles. The molecule has 0 spiro atoms. The fraction of sp³-hybridized carbons (Fsp3) is 0.280. The van der Waals surface area contributed by atoms with E-state index in [4.69, 9.17) is 32.7 Å². The van der Waals surface area contributed by atoms with Crippen LogP contribution in [0.3, 0.4) is 0 Å². The number of carbonyl (C=O) groups is 2. The van der Waals surface area contributed by atoms with Gasteiger partial charge in [-0.3, -0.25) is 9.59 Å². The van der Waals surface area contributed by atoms with Crippen LogP contribution in [0, 0.1) is 0 Å². The molecule has 2 N–H and O–H groups in total. The normalized spacial score (nSPS) is 15.5. The average Bonchev–Trinajstić information content (AvgIpc) is 3.59. The van der Waals surface area contributed by atoms with Crippen LogP contribution in [-0.2, 0) is 22.4 Å². The number of carboxylic acid groups (broad SMARTS) is 1. The minimum absolute atomic E-state index is 0.0580. The van der Waals surface area contributed by atoms with Crippen molar-refractivity contribution in [3.05, 3.63) is 68.1 Å². The van der Waals surface area contributed by atoms with Crippen molar-refractivity contribution in [2.24, 2.45) is 0 Å². The van der Waals surface area contributed by atoms with E-state index in [-0.39, 0.29) is 24.8 Å². The topological polar surface area (TPSA) is 109 Å². The van der Waals surface area contributed by atoms with E-state index in [1.54, 1.807) is 18.3 Å². The first-order valence-electron chi connectivity index (χ1n) is 11.4. The Morgan fingerprint density at radius 3 is 2.86 bits per heavy atom. The molecular formula is C25H22Cl2N4O4S. The number of aromatic nitrogens is 2. The maximum atomic E-state index is 13.2. The number of para-hydroxylation sites is 2. The van der Waals surface area contributed by atoms with E-state index in [9.17, 15) is 9.59 Å². The van der Waals surface area contributed by atoms with Crippen molar-refractivity contribution in [2.45, 2.75) is 38.1 Å². The maximum Gasteiger partial charge on any atom is 0.303 e. The van der Waals surface area contributed by atoms with Crippen LogP contribution in [0.25, 0.3) is 11.1 Å². The molecule has 1 aliphatic rings. The number of oxazole rings is 1. The first kappa shape index (κ1) is 24.5. The molecule has 0 saturated carbocycles. The zero-order valence-electron chi connectivity index (χ0n) is 19.0. The van der Waals surface area contributed by atoms with Crippen LogP contribution in [0.5, 0.6) is 0 Å². The number of thiazole rings is 1. The minimum Gasteiger partial charge on any atom is -0.481 e. The van der Waals surface area contributed by atoms with Crippen molar-refractivity contribution in [1.29, 1.82) is 0 Å². The van der Waals surface area contributed by atoms with E-state index < -0.39 is 5.97 Å². The van der Waals surface area contributed by atoms with Gasteiger partial charge in [-0.05, 0) is 49.1 Å². The SMILES string of the molecule is O=C(O)CCc1cnc([C@@H]2CCCN2C(=O)Cc2cc(Cl)c(Nc3nc4ccccc4o3)cc2Cl)s1. The van der Waals surface area contributed by atoms with Gasteiger partial charge in [0, 0.05) is 22.6 Å². The van der Waals surface area contributed by atoms with Gasteiger partial charge in [0.2, 0.25) is 5.91 Å². The predicted octanol–water partition coefficient (Wildman–Crippen LogP) is 6.26. The van der Waals surface area contributed by atoms with Gasteiger partial charge in [-0.25, -0.2) is 4.98 Å². The molecule has 11 heteroatoms. The lowest BCUT2D eigenvalue weighted by molar-refractivity contribution is -0.137. The van der Waals surface area contributed by atoms with E-state index in [1.807, 2.05) is 29.2 Å². The number of carboxylic acids is 1. The highest BCUT2D eigenvalue weighted by Crippen LogP contribution is 2.37. The van der Waals surface area contributed by atoms with Gasteiger partial charge in [0.05, 0.1) is 29.6 Å². The smallest absolute Gasteiger partial charge is 0.303 e. The van der Waals surface area contributed by atoms with Gasteiger partial charge < -0.3 is 19.7 Å². The lowest BCUT2D eigenvalue weighted by atomic mass is 10.1. The molecule has 2 aromatic carbocycles. The van der Waals surface area contributed by atoms with Crippen LogP contribution in [-0.4, -0.2) is 38.4 Å². The summed E-state index contributed by atoms with van der Waals surface area (Å²) in [6, 6.07) is 10.9. The molecule has 0 aliphatic carbocycles. The summed E-state index contributed by atoms with van der Waals surface area (Å²) in [7, 11) is 0. The zero-order valence-corrected chi connectivity index (χ0v) is 21.4. The molecule has 0 unspecified atom stereocenters. The quantitative estimate of drug-likeness (QED) is 0.269. The van der Waals surface area contributed by atoms with Gasteiger partial charge >= 0.3 is 5.97 Å². The van der Waals surface area contributed by atoms with Crippen molar-refractivity contribution < 1.29 is 19.1 Å². The summed E-state index contributed by atoms with van der Waals surface area (Å²) < 4.78 is 5.69. The molecule has 1 saturated heterocycles. The van der Waals surface area contributed by atoms with Crippen LogP contribution < -0.4 is 5.32 Å². The number of nitrogens with zero attached hydrogens (tertiary/aromatic N) is 3. The first-order chi connectivity index (χ1) is 17.4. The predicted molar refractivity (Wildman–Crippen MR) is 139 cm³/mol. The number of halogens is 2. The number of carbonyl (C=O) groups excluding carboxylic acids is 1. The number of hydrogen-bond donors (Lipinski definition) is 2. The molecule has 1 fully saturated rings. The number of rotatable bonds is 8. The Hall–Kier alpha value is -3.14. The summed E-state index contributed by atoms with van der Waals surface area (Å²) in [5.74, 6) is -0.898. The van der Waals surface area contributed by atoms with Gasteiger partial charge in [0.1, 0.15) is 10.5 Å². The minimum atomic E-state index is -0.840. The molecule has 1 aliphatic heterocycles. The first-order valence-corrected chi connectivity index (χ1v) is 13.0. The van der Waals surface area contributed by atoms with Crippen LogP contribution in [0.1, 0.15) is 40.8 Å². The van der Waals surface area contributed by atoms with E-state index >= 15 is 0 Å². The van der Waals surface area contributed by atoms with Crippen LogP contribution in [0.15, 0.2) is 47.0 Å². The maximum absolute atomic E-state index is 13.2. The third kappa shape index (κ3) is 5.33. The number of aryl methyl sites for hydroxylation is 1. The number of aliphatic carboxylic acids is 1. The summed E-state index contributed by atoms with van der Waals surface area (Å²) in [6.45, 7) is 0.635. The molecule has 0 bridgehead atoms. The highest BCUT2D eigenvalue weighted by Gasteiger charge is 2.32. The molecule has 1 amide bonds. The van der Waals surface area contributed by atoms with Gasteiger partial charge in [-0.1, -0.05) is 35.3 Å². The molecule has 1 atom stereocenters. The number of hydrogen-bond acceptors (Lipinski definition) is 7. The van der Waals surface area contributed by atoms with E-state index in [0.29, 0.717) is 45.9 Å². The summed E-state index contributed by atoms with van der Waals surface area (Å²) in [6.07, 6.45) is 4.01. The molecular weight excluding hydrogens is 523 g/mol. The average molecular weight is 545 g/mol. The van der Waals surface area contributed by atoms with Crippen LogP contribution in [0.2, 0.25) is 10.0 Å². The summed E-state index contributed by atoms with van der Waals surface area (Å²) in [4.78, 5) is 35.7. The molecule has 186 valence electrons.